The number of carboxylic acids is 1. The molecule has 0 aliphatic heterocycles. The maximum Gasteiger partial charge on any atom is 0.416 e. The molecule has 1 aromatic carbocycles. The monoisotopic (exact) mass is 292 g/mol. The number of rotatable bonds is 6. The molecule has 0 heterocycles. The van der Waals surface area contributed by atoms with E-state index in [1.54, 1.807) is 0 Å². The number of thioether (sulfide) groups is 1. The molecule has 2 nitrogen and oxygen atoms in total. The van der Waals surface area contributed by atoms with Crippen LogP contribution in [0.4, 0.5) is 13.2 Å². The van der Waals surface area contributed by atoms with Crippen molar-refractivity contribution in [1.82, 2.24) is 0 Å². The van der Waals surface area contributed by atoms with Crippen LogP contribution in [0, 0.1) is 0 Å². The number of carbonyl (C=O) groups is 1. The van der Waals surface area contributed by atoms with Gasteiger partial charge >= 0.3 is 12.1 Å². The van der Waals surface area contributed by atoms with Crippen LogP contribution in [0.2, 0.25) is 0 Å². The van der Waals surface area contributed by atoms with Gasteiger partial charge in [0.15, 0.2) is 0 Å². The Balaban J connectivity index is 2.90. The first-order valence-electron chi connectivity index (χ1n) is 5.93. The van der Waals surface area contributed by atoms with Gasteiger partial charge in [-0.3, -0.25) is 0 Å². The van der Waals surface area contributed by atoms with Crippen molar-refractivity contribution in [2.24, 2.45) is 0 Å². The normalized spacial score (nSPS) is 11.6. The van der Waals surface area contributed by atoms with Crippen LogP contribution in [0.25, 0.3) is 0 Å². The summed E-state index contributed by atoms with van der Waals surface area (Å²) in [4.78, 5) is 11.4. The first-order valence-corrected chi connectivity index (χ1v) is 6.92. The van der Waals surface area contributed by atoms with E-state index in [0.717, 1.165) is 25.3 Å². The van der Waals surface area contributed by atoms with Gasteiger partial charge in [-0.05, 0) is 30.4 Å². The Bertz CT molecular complexity index is 444. The molecule has 19 heavy (non-hydrogen) atoms. The van der Waals surface area contributed by atoms with E-state index in [-0.39, 0.29) is 5.56 Å². The number of hydrogen-bond donors (Lipinski definition) is 1. The lowest BCUT2D eigenvalue weighted by molar-refractivity contribution is -0.137. The molecule has 0 atom stereocenters. The molecular formula is C13H15F3O2S. The van der Waals surface area contributed by atoms with Gasteiger partial charge < -0.3 is 5.11 Å². The zero-order valence-electron chi connectivity index (χ0n) is 10.5. The Morgan fingerprint density at radius 3 is 2.53 bits per heavy atom. The summed E-state index contributed by atoms with van der Waals surface area (Å²) >= 11 is 1.29. The van der Waals surface area contributed by atoms with Crippen LogP contribution in [0.3, 0.4) is 0 Å². The highest BCUT2D eigenvalue weighted by atomic mass is 32.2. The molecule has 0 unspecified atom stereocenters. The van der Waals surface area contributed by atoms with E-state index >= 15 is 0 Å². The SMILES string of the molecule is CCCCCSc1ccc(C(F)(F)F)cc1C(=O)O. The van der Waals surface area contributed by atoms with Crippen molar-refractivity contribution in [3.63, 3.8) is 0 Å². The van der Waals surface area contributed by atoms with E-state index in [9.17, 15) is 18.0 Å². The highest BCUT2D eigenvalue weighted by Gasteiger charge is 2.31. The molecule has 0 spiro atoms. The second-order valence-corrected chi connectivity index (χ2v) is 5.21. The molecule has 0 fully saturated rings. The van der Waals surface area contributed by atoms with Crippen molar-refractivity contribution in [2.45, 2.75) is 37.3 Å². The number of hydrogen-bond acceptors (Lipinski definition) is 2. The predicted octanol–water partition coefficient (Wildman–Crippen LogP) is 4.69. The zero-order valence-corrected chi connectivity index (χ0v) is 11.3. The molecule has 0 aliphatic carbocycles. The van der Waals surface area contributed by atoms with Crippen LogP contribution in [0.5, 0.6) is 0 Å². The summed E-state index contributed by atoms with van der Waals surface area (Å²) in [6.07, 6.45) is -1.54. The summed E-state index contributed by atoms with van der Waals surface area (Å²) < 4.78 is 37.5. The largest absolute Gasteiger partial charge is 0.478 e. The number of alkyl halides is 3. The highest BCUT2D eigenvalue weighted by Crippen LogP contribution is 2.33. The average Bonchev–Trinajstić information content (AvgIpc) is 2.33. The highest BCUT2D eigenvalue weighted by molar-refractivity contribution is 7.99. The second kappa shape index (κ2) is 6.84. The molecule has 0 saturated heterocycles. The Labute approximate surface area is 114 Å². The molecule has 0 bridgehead atoms. The Morgan fingerprint density at radius 2 is 2.00 bits per heavy atom. The molecule has 0 aliphatic rings. The van der Waals surface area contributed by atoms with E-state index < -0.39 is 17.7 Å². The third kappa shape index (κ3) is 4.78. The van der Waals surface area contributed by atoms with Crippen molar-refractivity contribution in [2.75, 3.05) is 5.75 Å². The Hall–Kier alpha value is -1.17. The van der Waals surface area contributed by atoms with Crippen LogP contribution in [0.1, 0.15) is 42.1 Å². The standard InChI is InChI=1S/C13H15F3O2S/c1-2-3-4-7-19-11-6-5-9(13(14,15)16)8-10(11)12(17)18/h5-6,8H,2-4,7H2,1H3,(H,17,18). The minimum atomic E-state index is -4.52. The van der Waals surface area contributed by atoms with Gasteiger partial charge in [0, 0.05) is 4.90 Å². The molecule has 1 rings (SSSR count). The summed E-state index contributed by atoms with van der Waals surface area (Å²) in [6.45, 7) is 2.05. The fourth-order valence-corrected chi connectivity index (χ4v) is 2.57. The lowest BCUT2D eigenvalue weighted by atomic mass is 10.1. The van der Waals surface area contributed by atoms with Gasteiger partial charge in [-0.2, -0.15) is 13.2 Å². The summed E-state index contributed by atoms with van der Waals surface area (Å²) in [5, 5.41) is 8.98. The average molecular weight is 292 g/mol. The molecular weight excluding hydrogens is 277 g/mol. The van der Waals surface area contributed by atoms with E-state index in [0.29, 0.717) is 16.7 Å². The maximum atomic E-state index is 12.5. The quantitative estimate of drug-likeness (QED) is 0.610. The van der Waals surface area contributed by atoms with Gasteiger partial charge in [-0.25, -0.2) is 4.79 Å². The van der Waals surface area contributed by atoms with E-state index in [2.05, 4.69) is 0 Å². The van der Waals surface area contributed by atoms with Gasteiger partial charge in [0.2, 0.25) is 0 Å². The van der Waals surface area contributed by atoms with Gasteiger partial charge in [-0.15, -0.1) is 11.8 Å². The smallest absolute Gasteiger partial charge is 0.416 e. The molecule has 106 valence electrons. The summed E-state index contributed by atoms with van der Waals surface area (Å²) in [5.74, 6) is -0.622. The summed E-state index contributed by atoms with van der Waals surface area (Å²) in [7, 11) is 0. The van der Waals surface area contributed by atoms with E-state index in [1.807, 2.05) is 6.92 Å². The first-order chi connectivity index (χ1) is 8.86. The Morgan fingerprint density at radius 1 is 1.32 bits per heavy atom. The number of halogens is 3. The van der Waals surface area contributed by atoms with Crippen LogP contribution in [-0.4, -0.2) is 16.8 Å². The van der Waals surface area contributed by atoms with Crippen LogP contribution in [0.15, 0.2) is 23.1 Å². The lowest BCUT2D eigenvalue weighted by Crippen LogP contribution is -2.08. The molecule has 0 saturated carbocycles. The van der Waals surface area contributed by atoms with Gasteiger partial charge in [0.25, 0.3) is 0 Å². The van der Waals surface area contributed by atoms with Crippen molar-refractivity contribution < 1.29 is 23.1 Å². The fourth-order valence-electron chi connectivity index (χ4n) is 1.53. The molecule has 1 aromatic rings. The molecule has 6 heteroatoms. The lowest BCUT2D eigenvalue weighted by Gasteiger charge is -2.10. The molecule has 0 aromatic heterocycles. The summed E-state index contributed by atoms with van der Waals surface area (Å²) in [6, 6.07) is 2.86. The van der Waals surface area contributed by atoms with Gasteiger partial charge in [0.1, 0.15) is 0 Å². The van der Waals surface area contributed by atoms with E-state index in [4.69, 9.17) is 5.11 Å². The number of aromatic carboxylic acids is 1. The predicted molar refractivity (Wildman–Crippen MR) is 68.7 cm³/mol. The van der Waals surface area contributed by atoms with Crippen molar-refractivity contribution >= 4 is 17.7 Å². The first kappa shape index (κ1) is 15.9. The molecule has 0 amide bonds. The summed E-state index contributed by atoms with van der Waals surface area (Å²) in [5.41, 5.74) is -1.21. The van der Waals surface area contributed by atoms with Crippen LogP contribution >= 0.6 is 11.8 Å². The van der Waals surface area contributed by atoms with Crippen molar-refractivity contribution in [3.8, 4) is 0 Å². The van der Waals surface area contributed by atoms with Crippen LogP contribution in [-0.2, 0) is 6.18 Å². The third-order valence-electron chi connectivity index (χ3n) is 2.54. The zero-order chi connectivity index (χ0) is 14.5. The third-order valence-corrected chi connectivity index (χ3v) is 3.70. The van der Waals surface area contributed by atoms with Crippen molar-refractivity contribution in [3.05, 3.63) is 29.3 Å². The number of unbranched alkanes of at least 4 members (excludes halogenated alkanes) is 2. The van der Waals surface area contributed by atoms with Crippen LogP contribution < -0.4 is 0 Å². The Kier molecular flexibility index (Phi) is 5.72. The minimum absolute atomic E-state index is 0.281. The van der Waals surface area contributed by atoms with Gasteiger partial charge in [0.05, 0.1) is 11.1 Å². The van der Waals surface area contributed by atoms with Crippen molar-refractivity contribution in [1.29, 1.82) is 0 Å². The number of carboxylic acid groups (broad SMARTS) is 1. The molecule has 0 radical (unpaired) electrons. The molecule has 1 N–H and O–H groups in total. The van der Waals surface area contributed by atoms with Gasteiger partial charge in [-0.1, -0.05) is 19.8 Å². The fraction of sp³-hybridized carbons (Fsp3) is 0.462. The van der Waals surface area contributed by atoms with E-state index in [1.165, 1.54) is 17.8 Å². The maximum absolute atomic E-state index is 12.5. The topological polar surface area (TPSA) is 37.3 Å². The number of benzene rings is 1. The minimum Gasteiger partial charge on any atom is -0.478 e. The second-order valence-electron chi connectivity index (χ2n) is 4.07.